The predicted molar refractivity (Wildman–Crippen MR) is 65.8 cm³/mol. The number of hydrogen-bond acceptors (Lipinski definition) is 3. The van der Waals surface area contributed by atoms with E-state index in [1.807, 2.05) is 0 Å². The van der Waals surface area contributed by atoms with Crippen LogP contribution >= 0.6 is 22.9 Å². The Kier molecular flexibility index (Phi) is 3.27. The molecular formula is C12H9ClO2S. The summed E-state index contributed by atoms with van der Waals surface area (Å²) in [5.41, 5.74) is 0.609. The average Bonchev–Trinajstić information content (AvgIpc) is 2.75. The van der Waals surface area contributed by atoms with E-state index in [0.29, 0.717) is 20.5 Å². The summed E-state index contributed by atoms with van der Waals surface area (Å²) in [6.07, 6.45) is 0. The van der Waals surface area contributed by atoms with Crippen LogP contribution in [0.5, 0.6) is 5.75 Å². The zero-order chi connectivity index (χ0) is 11.5. The Morgan fingerprint density at radius 1 is 1.31 bits per heavy atom. The summed E-state index contributed by atoms with van der Waals surface area (Å²) in [5.74, 6) is 0.643. The molecule has 0 radical (unpaired) electrons. The number of rotatable bonds is 3. The van der Waals surface area contributed by atoms with Gasteiger partial charge in [0, 0.05) is 5.56 Å². The van der Waals surface area contributed by atoms with Crippen molar-refractivity contribution in [1.82, 2.24) is 0 Å². The van der Waals surface area contributed by atoms with Crippen molar-refractivity contribution < 1.29 is 9.53 Å². The van der Waals surface area contributed by atoms with Crippen LogP contribution in [-0.2, 0) is 0 Å². The zero-order valence-electron chi connectivity index (χ0n) is 8.57. The summed E-state index contributed by atoms with van der Waals surface area (Å²) in [5, 5.41) is 0. The van der Waals surface area contributed by atoms with Crippen LogP contribution in [0.1, 0.15) is 15.2 Å². The van der Waals surface area contributed by atoms with E-state index in [1.165, 1.54) is 11.3 Å². The van der Waals surface area contributed by atoms with Gasteiger partial charge in [-0.05, 0) is 24.3 Å². The van der Waals surface area contributed by atoms with E-state index < -0.39 is 0 Å². The summed E-state index contributed by atoms with van der Waals surface area (Å²) in [4.78, 5) is 12.7. The topological polar surface area (TPSA) is 26.3 Å². The molecule has 0 fully saturated rings. The van der Waals surface area contributed by atoms with Gasteiger partial charge in [-0.2, -0.15) is 0 Å². The lowest BCUT2D eigenvalue weighted by Gasteiger charge is -2.01. The van der Waals surface area contributed by atoms with Gasteiger partial charge in [0.25, 0.3) is 0 Å². The van der Waals surface area contributed by atoms with E-state index in [4.69, 9.17) is 16.3 Å². The fourth-order valence-electron chi connectivity index (χ4n) is 1.34. The second kappa shape index (κ2) is 4.68. The fourth-order valence-corrected chi connectivity index (χ4v) is 2.35. The van der Waals surface area contributed by atoms with Gasteiger partial charge in [0.15, 0.2) is 0 Å². The maximum absolute atomic E-state index is 12.0. The van der Waals surface area contributed by atoms with Crippen LogP contribution in [0.2, 0.25) is 4.34 Å². The molecule has 1 heterocycles. The minimum absolute atomic E-state index is 0.0317. The van der Waals surface area contributed by atoms with Gasteiger partial charge >= 0.3 is 0 Å². The highest BCUT2D eigenvalue weighted by Gasteiger charge is 2.11. The molecule has 0 bridgehead atoms. The molecule has 0 aliphatic carbocycles. The smallest absolute Gasteiger partial charge is 0.203 e. The second-order valence-electron chi connectivity index (χ2n) is 3.16. The Balaban J connectivity index is 2.33. The number of thiophene rings is 1. The van der Waals surface area contributed by atoms with Crippen molar-refractivity contribution in [2.45, 2.75) is 0 Å². The third-order valence-corrected chi connectivity index (χ3v) is 3.36. The van der Waals surface area contributed by atoms with Crippen molar-refractivity contribution in [2.24, 2.45) is 0 Å². The van der Waals surface area contributed by atoms with Crippen molar-refractivity contribution in [3.05, 3.63) is 51.2 Å². The van der Waals surface area contributed by atoms with Crippen LogP contribution in [0.3, 0.4) is 0 Å². The molecule has 16 heavy (non-hydrogen) atoms. The monoisotopic (exact) mass is 252 g/mol. The Bertz CT molecular complexity index is 519. The molecule has 0 N–H and O–H groups in total. The molecular weight excluding hydrogens is 244 g/mol. The van der Waals surface area contributed by atoms with E-state index in [0.717, 1.165) is 0 Å². The number of hydrogen-bond donors (Lipinski definition) is 0. The van der Waals surface area contributed by atoms with E-state index in [-0.39, 0.29) is 5.78 Å². The predicted octanol–water partition coefficient (Wildman–Crippen LogP) is 3.64. The number of ether oxygens (including phenoxy) is 1. The quantitative estimate of drug-likeness (QED) is 0.780. The lowest BCUT2D eigenvalue weighted by atomic mass is 10.1. The van der Waals surface area contributed by atoms with E-state index in [9.17, 15) is 4.79 Å². The minimum Gasteiger partial charge on any atom is -0.497 e. The molecule has 0 saturated carbocycles. The van der Waals surface area contributed by atoms with Gasteiger partial charge in [-0.15, -0.1) is 11.3 Å². The fraction of sp³-hybridized carbons (Fsp3) is 0.0833. The number of methoxy groups -OCH3 is 1. The lowest BCUT2D eigenvalue weighted by molar-refractivity contribution is 0.104. The minimum atomic E-state index is -0.0317. The summed E-state index contributed by atoms with van der Waals surface area (Å²) in [7, 11) is 1.57. The van der Waals surface area contributed by atoms with Gasteiger partial charge in [0.2, 0.25) is 5.78 Å². The van der Waals surface area contributed by atoms with Gasteiger partial charge in [0.1, 0.15) is 5.75 Å². The molecule has 2 aromatic rings. The average molecular weight is 253 g/mol. The molecule has 0 amide bonds. The highest BCUT2D eigenvalue weighted by molar-refractivity contribution is 7.18. The molecule has 0 aliphatic heterocycles. The molecule has 0 aliphatic rings. The van der Waals surface area contributed by atoms with E-state index in [1.54, 1.807) is 43.5 Å². The molecule has 82 valence electrons. The molecule has 0 spiro atoms. The molecule has 4 heteroatoms. The highest BCUT2D eigenvalue weighted by Crippen LogP contribution is 2.25. The largest absolute Gasteiger partial charge is 0.497 e. The number of carbonyl (C=O) groups excluding carboxylic acids is 1. The van der Waals surface area contributed by atoms with Crippen LogP contribution in [0, 0.1) is 0 Å². The first kappa shape index (κ1) is 11.2. The Morgan fingerprint density at radius 2 is 2.12 bits per heavy atom. The molecule has 0 atom stereocenters. The van der Waals surface area contributed by atoms with Crippen LogP contribution in [-0.4, -0.2) is 12.9 Å². The molecule has 0 saturated heterocycles. The van der Waals surface area contributed by atoms with E-state index in [2.05, 4.69) is 0 Å². The van der Waals surface area contributed by atoms with Crippen molar-refractivity contribution >= 4 is 28.7 Å². The van der Waals surface area contributed by atoms with Crippen LogP contribution < -0.4 is 4.74 Å². The van der Waals surface area contributed by atoms with Crippen LogP contribution in [0.25, 0.3) is 0 Å². The second-order valence-corrected chi connectivity index (χ2v) is 4.88. The maximum atomic E-state index is 12.0. The molecule has 2 rings (SSSR count). The third kappa shape index (κ3) is 2.26. The Morgan fingerprint density at radius 3 is 2.75 bits per heavy atom. The van der Waals surface area contributed by atoms with Crippen molar-refractivity contribution in [3.63, 3.8) is 0 Å². The van der Waals surface area contributed by atoms with Gasteiger partial charge < -0.3 is 4.74 Å². The summed E-state index contributed by atoms with van der Waals surface area (Å²) >= 11 is 7.07. The van der Waals surface area contributed by atoms with Crippen LogP contribution in [0.4, 0.5) is 0 Å². The van der Waals surface area contributed by atoms with Crippen molar-refractivity contribution in [2.75, 3.05) is 7.11 Å². The molecule has 1 aromatic heterocycles. The summed E-state index contributed by atoms with van der Waals surface area (Å²) in [6.45, 7) is 0. The zero-order valence-corrected chi connectivity index (χ0v) is 10.1. The number of halogens is 1. The molecule has 2 nitrogen and oxygen atoms in total. The van der Waals surface area contributed by atoms with Gasteiger partial charge in [-0.1, -0.05) is 23.7 Å². The summed E-state index contributed by atoms with van der Waals surface area (Å²) < 4.78 is 5.69. The van der Waals surface area contributed by atoms with Crippen molar-refractivity contribution in [3.8, 4) is 5.75 Å². The number of benzene rings is 1. The number of ketones is 1. The Labute approximate surface area is 102 Å². The van der Waals surface area contributed by atoms with Gasteiger partial charge in [-0.25, -0.2) is 0 Å². The maximum Gasteiger partial charge on any atom is 0.203 e. The standard InChI is InChI=1S/C12H9ClO2S/c1-15-9-4-2-3-8(7-9)12(14)10-5-6-11(13)16-10/h2-7H,1H3. The highest BCUT2D eigenvalue weighted by atomic mass is 35.5. The lowest BCUT2D eigenvalue weighted by Crippen LogP contribution is -1.98. The van der Waals surface area contributed by atoms with Gasteiger partial charge in [-0.3, -0.25) is 4.79 Å². The normalized spacial score (nSPS) is 10.1. The Hall–Kier alpha value is -1.32. The first-order valence-corrected chi connectivity index (χ1v) is 5.84. The van der Waals surface area contributed by atoms with E-state index >= 15 is 0 Å². The SMILES string of the molecule is COc1cccc(C(=O)c2ccc(Cl)s2)c1. The van der Waals surface area contributed by atoms with Gasteiger partial charge in [0.05, 0.1) is 16.3 Å². The molecule has 1 aromatic carbocycles. The van der Waals surface area contributed by atoms with Crippen molar-refractivity contribution in [1.29, 1.82) is 0 Å². The van der Waals surface area contributed by atoms with Crippen LogP contribution in [0.15, 0.2) is 36.4 Å². The first-order valence-electron chi connectivity index (χ1n) is 4.65. The third-order valence-electron chi connectivity index (χ3n) is 2.13. The first-order chi connectivity index (χ1) is 7.70. The molecule has 0 unspecified atom stereocenters. The number of carbonyl (C=O) groups is 1. The summed E-state index contributed by atoms with van der Waals surface area (Å²) in [6, 6.07) is 10.5.